The van der Waals surface area contributed by atoms with Crippen LogP contribution in [0.25, 0.3) is 0 Å². The zero-order valence-electron chi connectivity index (χ0n) is 12.1. The largest absolute Gasteiger partial charge is 0.466 e. The fraction of sp³-hybridized carbons (Fsp3) is 0.400. The van der Waals surface area contributed by atoms with Gasteiger partial charge in [0.2, 0.25) is 0 Å². The normalized spacial score (nSPS) is 15.2. The second kappa shape index (κ2) is 6.78. The molecule has 0 saturated heterocycles. The van der Waals surface area contributed by atoms with Crippen LogP contribution in [0.4, 0.5) is 4.79 Å². The number of carbonyl (C=O) groups is 1. The van der Waals surface area contributed by atoms with E-state index in [4.69, 9.17) is 4.42 Å². The summed E-state index contributed by atoms with van der Waals surface area (Å²) in [6.07, 6.45) is 1.49. The number of furan rings is 1. The standard InChI is InChI=1S/C15H20N2O3S/c1-11(12-5-7-21-9-12)8-16-14(18)17-10-15(2,19)13-4-3-6-20-13/h3-7,9,11,19H,8,10H2,1-2H3,(H2,16,17,18). The minimum Gasteiger partial charge on any atom is -0.466 e. The van der Waals surface area contributed by atoms with E-state index >= 15 is 0 Å². The predicted octanol–water partition coefficient (Wildman–Crippen LogP) is 2.65. The highest BCUT2D eigenvalue weighted by molar-refractivity contribution is 7.07. The summed E-state index contributed by atoms with van der Waals surface area (Å²) in [5.74, 6) is 0.682. The number of carbonyl (C=O) groups excluding carboxylic acids is 1. The molecule has 0 bridgehead atoms. The van der Waals surface area contributed by atoms with Crippen molar-refractivity contribution in [3.05, 3.63) is 46.5 Å². The molecule has 6 heteroatoms. The van der Waals surface area contributed by atoms with E-state index in [0.29, 0.717) is 12.3 Å². The Labute approximate surface area is 128 Å². The predicted molar refractivity (Wildman–Crippen MR) is 82.4 cm³/mol. The number of hydrogen-bond acceptors (Lipinski definition) is 4. The summed E-state index contributed by atoms with van der Waals surface area (Å²) in [4.78, 5) is 11.8. The Hall–Kier alpha value is -1.79. The van der Waals surface area contributed by atoms with Gasteiger partial charge in [0.05, 0.1) is 12.8 Å². The van der Waals surface area contributed by atoms with E-state index in [0.717, 1.165) is 0 Å². The van der Waals surface area contributed by atoms with Gasteiger partial charge in [0, 0.05) is 6.54 Å². The van der Waals surface area contributed by atoms with Gasteiger partial charge < -0.3 is 20.2 Å². The first kappa shape index (κ1) is 15.6. The van der Waals surface area contributed by atoms with Crippen molar-refractivity contribution in [3.63, 3.8) is 0 Å². The molecule has 2 aromatic rings. The van der Waals surface area contributed by atoms with Crippen molar-refractivity contribution in [3.8, 4) is 0 Å². The van der Waals surface area contributed by atoms with Crippen molar-refractivity contribution >= 4 is 17.4 Å². The van der Waals surface area contributed by atoms with Crippen LogP contribution in [0.1, 0.15) is 31.1 Å². The molecule has 114 valence electrons. The van der Waals surface area contributed by atoms with E-state index in [2.05, 4.69) is 29.0 Å². The van der Waals surface area contributed by atoms with E-state index in [1.165, 1.54) is 11.8 Å². The van der Waals surface area contributed by atoms with E-state index in [1.807, 2.05) is 5.38 Å². The number of aliphatic hydroxyl groups is 1. The number of rotatable bonds is 6. The molecule has 2 rings (SSSR count). The fourth-order valence-electron chi connectivity index (χ4n) is 1.91. The minimum absolute atomic E-state index is 0.0825. The second-order valence-electron chi connectivity index (χ2n) is 5.27. The van der Waals surface area contributed by atoms with Crippen molar-refractivity contribution in [1.82, 2.24) is 10.6 Å². The van der Waals surface area contributed by atoms with Crippen LogP contribution >= 0.6 is 11.3 Å². The first-order valence-electron chi connectivity index (χ1n) is 6.79. The van der Waals surface area contributed by atoms with Crippen LogP contribution in [0.3, 0.4) is 0 Å². The van der Waals surface area contributed by atoms with Crippen LogP contribution in [-0.2, 0) is 5.60 Å². The molecule has 21 heavy (non-hydrogen) atoms. The Morgan fingerprint density at radius 1 is 1.48 bits per heavy atom. The van der Waals surface area contributed by atoms with Gasteiger partial charge in [-0.15, -0.1) is 0 Å². The molecular formula is C15H20N2O3S. The third kappa shape index (κ3) is 4.34. The van der Waals surface area contributed by atoms with E-state index in [9.17, 15) is 9.90 Å². The summed E-state index contributed by atoms with van der Waals surface area (Å²) in [7, 11) is 0. The summed E-state index contributed by atoms with van der Waals surface area (Å²) < 4.78 is 5.16. The Morgan fingerprint density at radius 3 is 2.90 bits per heavy atom. The zero-order valence-corrected chi connectivity index (χ0v) is 12.9. The van der Waals surface area contributed by atoms with Gasteiger partial charge in [-0.1, -0.05) is 6.92 Å². The van der Waals surface area contributed by atoms with Crippen molar-refractivity contribution in [2.75, 3.05) is 13.1 Å². The number of hydrogen-bond donors (Lipinski definition) is 3. The number of nitrogens with one attached hydrogen (secondary N) is 2. The highest BCUT2D eigenvalue weighted by Gasteiger charge is 2.26. The lowest BCUT2D eigenvalue weighted by molar-refractivity contribution is 0.0367. The maximum absolute atomic E-state index is 11.8. The highest BCUT2D eigenvalue weighted by atomic mass is 32.1. The third-order valence-corrected chi connectivity index (χ3v) is 4.03. The Kier molecular flexibility index (Phi) is 5.03. The van der Waals surface area contributed by atoms with Crippen LogP contribution in [0.5, 0.6) is 0 Å². The molecule has 0 aliphatic heterocycles. The molecule has 3 N–H and O–H groups in total. The Bertz CT molecular complexity index is 550. The van der Waals surface area contributed by atoms with Crippen molar-refractivity contribution in [1.29, 1.82) is 0 Å². The lowest BCUT2D eigenvalue weighted by Gasteiger charge is -2.21. The maximum atomic E-state index is 11.8. The van der Waals surface area contributed by atoms with Crippen LogP contribution < -0.4 is 10.6 Å². The highest BCUT2D eigenvalue weighted by Crippen LogP contribution is 2.20. The lowest BCUT2D eigenvalue weighted by Crippen LogP contribution is -2.44. The smallest absolute Gasteiger partial charge is 0.314 e. The van der Waals surface area contributed by atoms with Gasteiger partial charge in [0.1, 0.15) is 11.4 Å². The minimum atomic E-state index is -1.22. The summed E-state index contributed by atoms with van der Waals surface area (Å²) >= 11 is 1.64. The quantitative estimate of drug-likeness (QED) is 0.768. The third-order valence-electron chi connectivity index (χ3n) is 3.33. The van der Waals surface area contributed by atoms with Gasteiger partial charge in [-0.25, -0.2) is 4.79 Å². The van der Waals surface area contributed by atoms with Gasteiger partial charge in [-0.3, -0.25) is 0 Å². The average Bonchev–Trinajstić information content (AvgIpc) is 3.14. The molecule has 0 aromatic carbocycles. The monoisotopic (exact) mass is 308 g/mol. The Morgan fingerprint density at radius 2 is 2.29 bits per heavy atom. The number of amides is 2. The van der Waals surface area contributed by atoms with Crippen molar-refractivity contribution < 1.29 is 14.3 Å². The molecule has 0 fully saturated rings. The second-order valence-corrected chi connectivity index (χ2v) is 6.05. The number of urea groups is 1. The maximum Gasteiger partial charge on any atom is 0.314 e. The SMILES string of the molecule is CC(CNC(=O)NCC(C)(O)c1ccco1)c1ccsc1. The molecule has 2 unspecified atom stereocenters. The van der Waals surface area contributed by atoms with Crippen molar-refractivity contribution in [2.24, 2.45) is 0 Å². The first-order chi connectivity index (χ1) is 9.99. The summed E-state index contributed by atoms with van der Waals surface area (Å²) in [5.41, 5.74) is -0.0114. The van der Waals surface area contributed by atoms with Crippen LogP contribution in [0.15, 0.2) is 39.6 Å². The van der Waals surface area contributed by atoms with E-state index < -0.39 is 5.60 Å². The molecular weight excluding hydrogens is 288 g/mol. The molecule has 0 spiro atoms. The van der Waals surface area contributed by atoms with E-state index in [1.54, 1.807) is 30.4 Å². The molecule has 0 radical (unpaired) electrons. The summed E-state index contributed by atoms with van der Waals surface area (Å²) in [5, 5.41) is 19.8. The van der Waals surface area contributed by atoms with Gasteiger partial charge in [-0.05, 0) is 47.4 Å². The molecule has 5 nitrogen and oxygen atoms in total. The topological polar surface area (TPSA) is 74.5 Å². The van der Waals surface area contributed by atoms with Crippen LogP contribution in [0, 0.1) is 0 Å². The van der Waals surface area contributed by atoms with Gasteiger partial charge in [0.25, 0.3) is 0 Å². The average molecular weight is 308 g/mol. The van der Waals surface area contributed by atoms with Gasteiger partial charge in [0.15, 0.2) is 0 Å². The van der Waals surface area contributed by atoms with Crippen LogP contribution in [-0.4, -0.2) is 24.2 Å². The fourth-order valence-corrected chi connectivity index (χ4v) is 2.69. The van der Waals surface area contributed by atoms with Crippen molar-refractivity contribution in [2.45, 2.75) is 25.4 Å². The molecule has 0 aliphatic rings. The lowest BCUT2D eigenvalue weighted by atomic mass is 10.0. The first-order valence-corrected chi connectivity index (χ1v) is 7.73. The molecule has 2 amide bonds. The molecule has 2 atom stereocenters. The molecule has 2 aromatic heterocycles. The van der Waals surface area contributed by atoms with Crippen LogP contribution in [0.2, 0.25) is 0 Å². The van der Waals surface area contributed by atoms with Gasteiger partial charge in [-0.2, -0.15) is 11.3 Å². The zero-order chi connectivity index (χ0) is 15.3. The number of thiophene rings is 1. The van der Waals surface area contributed by atoms with Gasteiger partial charge >= 0.3 is 6.03 Å². The molecule has 2 heterocycles. The Balaban J connectivity index is 1.75. The molecule has 0 aliphatic carbocycles. The summed E-state index contributed by atoms with van der Waals surface area (Å²) in [6.45, 7) is 4.28. The van der Waals surface area contributed by atoms with E-state index in [-0.39, 0.29) is 18.5 Å². The molecule has 0 saturated carbocycles. The summed E-state index contributed by atoms with van der Waals surface area (Å²) in [6, 6.07) is 5.13.